The minimum absolute atomic E-state index is 0.0886. The summed E-state index contributed by atoms with van der Waals surface area (Å²) in [6, 6.07) is 6.63. The molecule has 0 saturated carbocycles. The van der Waals surface area contributed by atoms with Gasteiger partial charge in [-0.1, -0.05) is 32.9 Å². The zero-order valence-electron chi connectivity index (χ0n) is 11.1. The van der Waals surface area contributed by atoms with Gasteiger partial charge in [-0.05, 0) is 30.2 Å². The maximum absolute atomic E-state index is 10.5. The van der Waals surface area contributed by atoms with Crippen LogP contribution in [0.1, 0.15) is 39.2 Å². The summed E-state index contributed by atoms with van der Waals surface area (Å²) in [6.45, 7) is 6.59. The summed E-state index contributed by atoms with van der Waals surface area (Å²) in [7, 11) is 0. The van der Waals surface area contributed by atoms with Crippen molar-refractivity contribution in [2.75, 3.05) is 0 Å². The molecular weight excluding hydrogens is 250 g/mol. The van der Waals surface area contributed by atoms with Gasteiger partial charge in [0.15, 0.2) is 0 Å². The van der Waals surface area contributed by atoms with Gasteiger partial charge in [-0.3, -0.25) is 10.1 Å². The van der Waals surface area contributed by atoms with Gasteiger partial charge < -0.3 is 0 Å². The van der Waals surface area contributed by atoms with Gasteiger partial charge in [-0.15, -0.1) is 11.6 Å². The first-order chi connectivity index (χ1) is 8.28. The Morgan fingerprint density at radius 3 is 2.28 bits per heavy atom. The highest BCUT2D eigenvalue weighted by atomic mass is 35.5. The molecule has 0 aromatic heterocycles. The van der Waals surface area contributed by atoms with Gasteiger partial charge in [0.2, 0.25) is 0 Å². The summed E-state index contributed by atoms with van der Waals surface area (Å²) in [5.41, 5.74) is 1.47. The fourth-order valence-corrected chi connectivity index (χ4v) is 1.99. The lowest BCUT2D eigenvalue weighted by Gasteiger charge is -2.19. The molecule has 1 aromatic carbocycles. The Morgan fingerprint density at radius 2 is 1.83 bits per heavy atom. The number of non-ortho nitro benzene ring substituents is 1. The quantitative estimate of drug-likeness (QED) is 0.446. The Balaban J connectivity index is 2.49. The second kappa shape index (κ2) is 6.19. The molecular formula is C14H20ClNO2. The molecule has 18 heavy (non-hydrogen) atoms. The first-order valence-corrected chi connectivity index (χ1v) is 6.59. The standard InChI is InChI=1S/C14H20ClNO2/c1-14(2,3)9-8-12(15)10-11-4-6-13(7-5-11)16(17)18/h4-7,12H,8-10H2,1-3H3. The van der Waals surface area contributed by atoms with Gasteiger partial charge >= 0.3 is 0 Å². The number of nitro benzene ring substituents is 1. The number of nitro groups is 1. The Morgan fingerprint density at radius 1 is 1.28 bits per heavy atom. The first kappa shape index (κ1) is 15.0. The third-order valence-corrected chi connectivity index (χ3v) is 3.18. The van der Waals surface area contributed by atoms with Crippen molar-refractivity contribution < 1.29 is 4.92 Å². The van der Waals surface area contributed by atoms with Crippen LogP contribution < -0.4 is 0 Å². The van der Waals surface area contributed by atoms with Gasteiger partial charge in [-0.25, -0.2) is 0 Å². The van der Waals surface area contributed by atoms with E-state index < -0.39 is 0 Å². The van der Waals surface area contributed by atoms with Crippen molar-refractivity contribution in [1.29, 1.82) is 0 Å². The molecule has 3 nitrogen and oxygen atoms in total. The van der Waals surface area contributed by atoms with E-state index in [0.717, 1.165) is 24.8 Å². The second-order valence-electron chi connectivity index (χ2n) is 5.82. The highest BCUT2D eigenvalue weighted by Crippen LogP contribution is 2.25. The van der Waals surface area contributed by atoms with Gasteiger partial charge in [0.25, 0.3) is 5.69 Å². The molecule has 0 radical (unpaired) electrons. The molecule has 100 valence electrons. The second-order valence-corrected chi connectivity index (χ2v) is 6.44. The van der Waals surface area contributed by atoms with E-state index in [9.17, 15) is 10.1 Å². The molecule has 0 amide bonds. The molecule has 1 unspecified atom stereocenters. The zero-order valence-corrected chi connectivity index (χ0v) is 11.9. The fraction of sp³-hybridized carbons (Fsp3) is 0.571. The Labute approximate surface area is 113 Å². The zero-order chi connectivity index (χ0) is 13.8. The normalized spacial score (nSPS) is 13.3. The monoisotopic (exact) mass is 269 g/mol. The van der Waals surface area contributed by atoms with Crippen molar-refractivity contribution in [3.8, 4) is 0 Å². The van der Waals surface area contributed by atoms with Crippen molar-refractivity contribution in [2.45, 2.75) is 45.4 Å². The molecule has 1 rings (SSSR count). The lowest BCUT2D eigenvalue weighted by Crippen LogP contribution is -2.11. The third-order valence-electron chi connectivity index (χ3n) is 2.81. The molecule has 0 spiro atoms. The van der Waals surface area contributed by atoms with Crippen LogP contribution in [0.4, 0.5) is 5.69 Å². The van der Waals surface area contributed by atoms with Crippen LogP contribution in [0.2, 0.25) is 0 Å². The van der Waals surface area contributed by atoms with E-state index in [1.807, 2.05) is 0 Å². The van der Waals surface area contributed by atoms with Crippen LogP contribution in [0.3, 0.4) is 0 Å². The average Bonchev–Trinajstić information content (AvgIpc) is 2.26. The number of rotatable bonds is 5. The van der Waals surface area contributed by atoms with Crippen molar-refractivity contribution in [3.05, 3.63) is 39.9 Å². The number of halogens is 1. The Kier molecular flexibility index (Phi) is 5.15. The summed E-state index contributed by atoms with van der Waals surface area (Å²) in [4.78, 5) is 10.1. The van der Waals surface area contributed by atoms with Crippen LogP contribution in [0.25, 0.3) is 0 Å². The lowest BCUT2D eigenvalue weighted by atomic mass is 9.89. The first-order valence-electron chi connectivity index (χ1n) is 6.15. The summed E-state index contributed by atoms with van der Waals surface area (Å²) < 4.78 is 0. The van der Waals surface area contributed by atoms with Gasteiger partial charge in [0.05, 0.1) is 4.92 Å². The highest BCUT2D eigenvalue weighted by molar-refractivity contribution is 6.20. The summed E-state index contributed by atoms with van der Waals surface area (Å²) in [5, 5.41) is 10.6. The number of hydrogen-bond acceptors (Lipinski definition) is 2. The van der Waals surface area contributed by atoms with E-state index in [0.29, 0.717) is 5.41 Å². The molecule has 0 bridgehead atoms. The van der Waals surface area contributed by atoms with E-state index >= 15 is 0 Å². The molecule has 0 saturated heterocycles. The largest absolute Gasteiger partial charge is 0.269 e. The maximum Gasteiger partial charge on any atom is 0.269 e. The molecule has 0 N–H and O–H groups in total. The van der Waals surface area contributed by atoms with E-state index in [1.165, 1.54) is 12.1 Å². The Bertz CT molecular complexity index is 395. The van der Waals surface area contributed by atoms with Gasteiger partial charge in [0.1, 0.15) is 0 Å². The molecule has 0 heterocycles. The van der Waals surface area contributed by atoms with Crippen LogP contribution >= 0.6 is 11.6 Å². The topological polar surface area (TPSA) is 43.1 Å². The van der Waals surface area contributed by atoms with Gasteiger partial charge in [-0.2, -0.15) is 0 Å². The van der Waals surface area contributed by atoms with E-state index in [2.05, 4.69) is 20.8 Å². The highest BCUT2D eigenvalue weighted by Gasteiger charge is 2.14. The number of nitrogens with zero attached hydrogens (tertiary/aromatic N) is 1. The van der Waals surface area contributed by atoms with Crippen molar-refractivity contribution in [1.82, 2.24) is 0 Å². The number of hydrogen-bond donors (Lipinski definition) is 0. The molecule has 1 atom stereocenters. The minimum atomic E-state index is -0.387. The molecule has 0 aliphatic carbocycles. The van der Waals surface area contributed by atoms with Crippen LogP contribution in [-0.4, -0.2) is 10.3 Å². The van der Waals surface area contributed by atoms with Crippen molar-refractivity contribution >= 4 is 17.3 Å². The van der Waals surface area contributed by atoms with Crippen LogP contribution in [0.15, 0.2) is 24.3 Å². The molecule has 1 aromatic rings. The third kappa shape index (κ3) is 5.50. The van der Waals surface area contributed by atoms with E-state index in [-0.39, 0.29) is 16.0 Å². The van der Waals surface area contributed by atoms with E-state index in [1.54, 1.807) is 12.1 Å². The predicted octanol–water partition coefficient (Wildman–Crippen LogP) is 4.57. The average molecular weight is 270 g/mol. The van der Waals surface area contributed by atoms with Crippen LogP contribution in [-0.2, 0) is 6.42 Å². The molecule has 4 heteroatoms. The van der Waals surface area contributed by atoms with Gasteiger partial charge in [0, 0.05) is 17.5 Å². The minimum Gasteiger partial charge on any atom is -0.258 e. The lowest BCUT2D eigenvalue weighted by molar-refractivity contribution is -0.384. The fourth-order valence-electron chi connectivity index (χ4n) is 1.70. The molecule has 0 fully saturated rings. The smallest absolute Gasteiger partial charge is 0.258 e. The van der Waals surface area contributed by atoms with Crippen LogP contribution in [0, 0.1) is 15.5 Å². The summed E-state index contributed by atoms with van der Waals surface area (Å²) in [6.07, 6.45) is 2.80. The SMILES string of the molecule is CC(C)(C)CCC(Cl)Cc1ccc([N+](=O)[O-])cc1. The van der Waals surface area contributed by atoms with Crippen molar-refractivity contribution in [2.24, 2.45) is 5.41 Å². The Hall–Kier alpha value is -1.09. The number of benzene rings is 1. The summed E-state index contributed by atoms with van der Waals surface area (Å²) >= 11 is 6.29. The predicted molar refractivity (Wildman–Crippen MR) is 75.1 cm³/mol. The molecule has 0 aliphatic rings. The van der Waals surface area contributed by atoms with Crippen LogP contribution in [0.5, 0.6) is 0 Å². The maximum atomic E-state index is 10.5. The summed E-state index contributed by atoms with van der Waals surface area (Å²) in [5.74, 6) is 0. The van der Waals surface area contributed by atoms with Crippen molar-refractivity contribution in [3.63, 3.8) is 0 Å². The number of alkyl halides is 1. The molecule has 0 aliphatic heterocycles. The van der Waals surface area contributed by atoms with E-state index in [4.69, 9.17) is 11.6 Å².